The van der Waals surface area contributed by atoms with E-state index < -0.39 is 35.8 Å². The molecule has 9 heteroatoms. The van der Waals surface area contributed by atoms with Gasteiger partial charge in [-0.25, -0.2) is 4.79 Å². The van der Waals surface area contributed by atoms with Crippen LogP contribution in [0.3, 0.4) is 0 Å². The van der Waals surface area contributed by atoms with Gasteiger partial charge in [-0.2, -0.15) is 0 Å². The maximum Gasteiger partial charge on any atom is 0.329 e. The number of nitrogens with zero attached hydrogens (tertiary/aromatic N) is 2. The molecule has 0 fully saturated rings. The van der Waals surface area contributed by atoms with Crippen LogP contribution >= 0.6 is 0 Å². The highest BCUT2D eigenvalue weighted by Gasteiger charge is 2.41. The summed E-state index contributed by atoms with van der Waals surface area (Å²) in [5.41, 5.74) is 1.04. The molecular formula is C18H17N3O6. The molecule has 0 aliphatic carbocycles. The molecule has 0 bridgehead atoms. The quantitative estimate of drug-likeness (QED) is 0.625. The topological polar surface area (TPSA) is 119 Å². The zero-order valence-corrected chi connectivity index (χ0v) is 14.9. The van der Waals surface area contributed by atoms with Crippen molar-refractivity contribution in [1.29, 1.82) is 0 Å². The van der Waals surface area contributed by atoms with Crippen LogP contribution in [0.25, 0.3) is 0 Å². The number of rotatable bonds is 5. The van der Waals surface area contributed by atoms with Crippen molar-refractivity contribution >= 4 is 29.6 Å². The Bertz CT molecular complexity index is 900. The maximum atomic E-state index is 12.4. The number of hydrogen-bond donors (Lipinski definition) is 1. The lowest BCUT2D eigenvalue weighted by atomic mass is 10.1. The highest BCUT2D eigenvalue weighted by atomic mass is 16.5. The lowest BCUT2D eigenvalue weighted by Crippen LogP contribution is -2.45. The van der Waals surface area contributed by atoms with Gasteiger partial charge < -0.3 is 9.26 Å². The molecule has 3 amide bonds. The normalized spacial score (nSPS) is 15.3. The molecule has 140 valence electrons. The zero-order valence-electron chi connectivity index (χ0n) is 14.9. The van der Waals surface area contributed by atoms with Crippen LogP contribution in [0.15, 0.2) is 34.9 Å². The van der Waals surface area contributed by atoms with Crippen molar-refractivity contribution in [2.24, 2.45) is 0 Å². The number of carbonyl (C=O) groups excluding carboxylic acids is 4. The third kappa shape index (κ3) is 3.43. The zero-order chi connectivity index (χ0) is 19.7. The lowest BCUT2D eigenvalue weighted by Gasteiger charge is -2.22. The number of nitrogens with one attached hydrogen (secondary N) is 1. The average Bonchev–Trinajstić information content (AvgIpc) is 3.16. The summed E-state index contributed by atoms with van der Waals surface area (Å²) in [5, 5.41) is 6.04. The highest BCUT2D eigenvalue weighted by molar-refractivity contribution is 6.22. The summed E-state index contributed by atoms with van der Waals surface area (Å²) in [5.74, 6) is -2.53. The van der Waals surface area contributed by atoms with Crippen LogP contribution in [0, 0.1) is 6.92 Å². The van der Waals surface area contributed by atoms with E-state index in [9.17, 15) is 19.2 Å². The fourth-order valence-corrected chi connectivity index (χ4v) is 2.64. The van der Waals surface area contributed by atoms with Gasteiger partial charge in [0.2, 0.25) is 5.88 Å². The fraction of sp³-hybridized carbons (Fsp3) is 0.278. The first-order valence-electron chi connectivity index (χ1n) is 8.21. The third-order valence-electron chi connectivity index (χ3n) is 4.09. The number of amides is 3. The summed E-state index contributed by atoms with van der Waals surface area (Å²) in [4.78, 5) is 50.1. The fourth-order valence-electron chi connectivity index (χ4n) is 2.64. The highest BCUT2D eigenvalue weighted by Crippen LogP contribution is 2.25. The van der Waals surface area contributed by atoms with Crippen LogP contribution in [0.1, 0.15) is 40.3 Å². The molecule has 1 aliphatic rings. The summed E-state index contributed by atoms with van der Waals surface area (Å²) in [6.45, 7) is 4.42. The van der Waals surface area contributed by atoms with Gasteiger partial charge in [0.1, 0.15) is 6.04 Å². The molecule has 2 unspecified atom stereocenters. The van der Waals surface area contributed by atoms with E-state index in [0.29, 0.717) is 5.69 Å². The molecule has 27 heavy (non-hydrogen) atoms. The molecule has 2 aromatic rings. The second-order valence-corrected chi connectivity index (χ2v) is 6.10. The average molecular weight is 371 g/mol. The molecule has 0 spiro atoms. The molecule has 9 nitrogen and oxygen atoms in total. The first-order valence-corrected chi connectivity index (χ1v) is 8.21. The molecule has 3 rings (SSSR count). The van der Waals surface area contributed by atoms with Crippen LogP contribution < -0.4 is 5.32 Å². The summed E-state index contributed by atoms with van der Waals surface area (Å²) in [6.07, 6.45) is -1.17. The molecule has 2 atom stereocenters. The molecule has 1 aromatic heterocycles. The van der Waals surface area contributed by atoms with E-state index in [2.05, 4.69) is 10.5 Å². The number of benzene rings is 1. The van der Waals surface area contributed by atoms with Gasteiger partial charge in [0.05, 0.1) is 16.8 Å². The van der Waals surface area contributed by atoms with Crippen molar-refractivity contribution in [2.45, 2.75) is 32.9 Å². The number of ether oxygens (including phenoxy) is 1. The number of fused-ring (bicyclic) bond motifs is 1. The van der Waals surface area contributed by atoms with Gasteiger partial charge in [0, 0.05) is 6.07 Å². The molecule has 1 aliphatic heterocycles. The van der Waals surface area contributed by atoms with E-state index in [1.54, 1.807) is 19.1 Å². The number of hydrogen-bond acceptors (Lipinski definition) is 7. The van der Waals surface area contributed by atoms with E-state index in [1.807, 2.05) is 0 Å². The Labute approximate surface area is 154 Å². The van der Waals surface area contributed by atoms with E-state index in [-0.39, 0.29) is 17.0 Å². The second-order valence-electron chi connectivity index (χ2n) is 6.10. The number of esters is 1. The van der Waals surface area contributed by atoms with E-state index in [0.717, 1.165) is 4.90 Å². The summed E-state index contributed by atoms with van der Waals surface area (Å²) in [6, 6.07) is 6.63. The summed E-state index contributed by atoms with van der Waals surface area (Å²) in [7, 11) is 0. The largest absolute Gasteiger partial charge is 0.451 e. The number of aromatic nitrogens is 1. The number of anilines is 1. The molecule has 0 saturated heterocycles. The van der Waals surface area contributed by atoms with Crippen LogP contribution in [0.2, 0.25) is 0 Å². The van der Waals surface area contributed by atoms with Crippen molar-refractivity contribution in [3.05, 3.63) is 47.2 Å². The monoisotopic (exact) mass is 371 g/mol. The molecular weight excluding hydrogens is 354 g/mol. The van der Waals surface area contributed by atoms with Crippen LogP contribution in [0.5, 0.6) is 0 Å². The predicted octanol–water partition coefficient (Wildman–Crippen LogP) is 1.54. The predicted molar refractivity (Wildman–Crippen MR) is 91.8 cm³/mol. The summed E-state index contributed by atoms with van der Waals surface area (Å²) < 4.78 is 9.96. The number of carbonyl (C=O) groups is 4. The Morgan fingerprint density at radius 2 is 1.74 bits per heavy atom. The van der Waals surface area contributed by atoms with Crippen molar-refractivity contribution in [3.8, 4) is 0 Å². The van der Waals surface area contributed by atoms with Gasteiger partial charge in [0.15, 0.2) is 6.10 Å². The van der Waals surface area contributed by atoms with Crippen molar-refractivity contribution in [2.75, 3.05) is 5.32 Å². The molecule has 1 N–H and O–H groups in total. The standard InChI is InChI=1S/C18H17N3O6/c1-9-8-14(27-20-9)19-15(22)11(3)26-18(25)10(2)21-16(23)12-6-4-5-7-13(12)17(21)24/h4-8,10-11H,1-3H3,(H,19,22). The minimum atomic E-state index is -1.18. The van der Waals surface area contributed by atoms with Gasteiger partial charge in [-0.1, -0.05) is 17.3 Å². The maximum absolute atomic E-state index is 12.4. The van der Waals surface area contributed by atoms with Gasteiger partial charge in [-0.3, -0.25) is 24.6 Å². The van der Waals surface area contributed by atoms with Crippen molar-refractivity contribution < 1.29 is 28.4 Å². The Balaban J connectivity index is 1.65. The second kappa shape index (κ2) is 7.02. The SMILES string of the molecule is Cc1cc(NC(=O)C(C)OC(=O)C(C)N2C(=O)c3ccccc3C2=O)on1. The van der Waals surface area contributed by atoms with E-state index >= 15 is 0 Å². The Morgan fingerprint density at radius 3 is 2.26 bits per heavy atom. The van der Waals surface area contributed by atoms with Gasteiger partial charge in [0.25, 0.3) is 17.7 Å². The Morgan fingerprint density at radius 1 is 1.15 bits per heavy atom. The third-order valence-corrected chi connectivity index (χ3v) is 4.09. The number of aryl methyl sites for hydroxylation is 1. The minimum Gasteiger partial charge on any atom is -0.451 e. The van der Waals surface area contributed by atoms with E-state index in [4.69, 9.17) is 9.26 Å². The first kappa shape index (κ1) is 18.3. The lowest BCUT2D eigenvalue weighted by molar-refractivity contribution is -0.156. The number of imide groups is 1. The molecule has 1 aromatic carbocycles. The van der Waals surface area contributed by atoms with E-state index in [1.165, 1.54) is 32.0 Å². The molecule has 0 radical (unpaired) electrons. The molecule has 2 heterocycles. The molecule has 0 saturated carbocycles. The minimum absolute atomic E-state index is 0.119. The Kier molecular flexibility index (Phi) is 4.76. The smallest absolute Gasteiger partial charge is 0.329 e. The van der Waals surface area contributed by atoms with Crippen molar-refractivity contribution in [1.82, 2.24) is 10.1 Å². The van der Waals surface area contributed by atoms with Crippen LogP contribution in [-0.2, 0) is 14.3 Å². The van der Waals surface area contributed by atoms with Crippen molar-refractivity contribution in [3.63, 3.8) is 0 Å². The van der Waals surface area contributed by atoms with Crippen LogP contribution in [-0.4, -0.2) is 45.9 Å². The summed E-state index contributed by atoms with van der Waals surface area (Å²) >= 11 is 0. The van der Waals surface area contributed by atoms with Gasteiger partial charge in [-0.15, -0.1) is 0 Å². The van der Waals surface area contributed by atoms with Gasteiger partial charge >= 0.3 is 5.97 Å². The first-order chi connectivity index (χ1) is 12.8. The Hall–Kier alpha value is -3.49. The van der Waals surface area contributed by atoms with Gasteiger partial charge in [-0.05, 0) is 32.9 Å². The van der Waals surface area contributed by atoms with Crippen LogP contribution in [0.4, 0.5) is 5.88 Å².